The third kappa shape index (κ3) is 4.34. The maximum absolute atomic E-state index is 12.5. The van der Waals surface area contributed by atoms with Crippen LogP contribution in [0.15, 0.2) is 48.1 Å². The van der Waals surface area contributed by atoms with E-state index in [1.54, 1.807) is 0 Å². The average Bonchev–Trinajstić information content (AvgIpc) is 3.01. The van der Waals surface area contributed by atoms with Gasteiger partial charge in [0.2, 0.25) is 0 Å². The monoisotopic (exact) mass is 408 g/mol. The summed E-state index contributed by atoms with van der Waals surface area (Å²) in [6.45, 7) is 9.61. The van der Waals surface area contributed by atoms with Crippen molar-refractivity contribution in [1.29, 1.82) is 0 Å². The molecule has 1 N–H and O–H groups in total. The minimum Gasteiger partial charge on any atom is -0.444 e. The fourth-order valence-corrected chi connectivity index (χ4v) is 5.35. The van der Waals surface area contributed by atoms with Gasteiger partial charge in [-0.3, -0.25) is 0 Å². The van der Waals surface area contributed by atoms with Crippen molar-refractivity contribution in [3.63, 3.8) is 0 Å². The molecule has 4 heteroatoms. The molecule has 1 fully saturated rings. The molecule has 1 saturated heterocycles. The molecular formula is C26H36N2O2. The van der Waals surface area contributed by atoms with Gasteiger partial charge in [-0.2, -0.15) is 0 Å². The van der Waals surface area contributed by atoms with Crippen LogP contribution < -0.4 is 5.32 Å². The first-order valence-electron chi connectivity index (χ1n) is 11.5. The zero-order valence-electron chi connectivity index (χ0n) is 18.9. The number of ether oxygens (including phenoxy) is 1. The van der Waals surface area contributed by atoms with Crippen LogP contribution in [0.3, 0.4) is 0 Å². The number of allylic oxidation sites excluding steroid dienone is 3. The number of nitrogens with zero attached hydrogens (tertiary/aromatic N) is 1. The van der Waals surface area contributed by atoms with Gasteiger partial charge in [0.1, 0.15) is 5.60 Å². The molecule has 1 amide bonds. The molecule has 1 heterocycles. The third-order valence-electron chi connectivity index (χ3n) is 6.93. The van der Waals surface area contributed by atoms with Crippen molar-refractivity contribution in [3.05, 3.63) is 59.2 Å². The second-order valence-corrected chi connectivity index (χ2v) is 10.2. The molecule has 1 aromatic carbocycles. The zero-order valence-corrected chi connectivity index (χ0v) is 18.9. The van der Waals surface area contributed by atoms with Gasteiger partial charge in [0.25, 0.3) is 0 Å². The Morgan fingerprint density at radius 1 is 1.23 bits per heavy atom. The molecule has 2 atom stereocenters. The predicted octanol–water partition coefficient (Wildman–Crippen LogP) is 5.65. The number of fused-ring (bicyclic) bond motifs is 2. The number of nitrogens with one attached hydrogen (secondary N) is 1. The molecule has 30 heavy (non-hydrogen) atoms. The standard InChI is InChI=1S/C26H36N2O2/c1-19(20-10-6-5-7-11-20)27-23-18-26(22-13-9-8-12-21(22)23)14-16-28(17-15-26)24(29)30-25(2,3)4/h5-6,8-10,12-13,19,23,27H,7,11,14-18H2,1-4H3/t19-,23-/m0/s1. The predicted molar refractivity (Wildman–Crippen MR) is 122 cm³/mol. The van der Waals surface area contributed by atoms with Crippen molar-refractivity contribution in [2.75, 3.05) is 13.1 Å². The Hall–Kier alpha value is -2.07. The number of rotatable bonds is 3. The quantitative estimate of drug-likeness (QED) is 0.702. The maximum Gasteiger partial charge on any atom is 0.410 e. The highest BCUT2D eigenvalue weighted by atomic mass is 16.6. The van der Waals surface area contributed by atoms with Gasteiger partial charge in [0.05, 0.1) is 0 Å². The Bertz CT molecular complexity index is 841. The van der Waals surface area contributed by atoms with Crippen molar-refractivity contribution in [2.24, 2.45) is 0 Å². The van der Waals surface area contributed by atoms with Crippen LogP contribution in [0.4, 0.5) is 4.79 Å². The van der Waals surface area contributed by atoms with Crippen molar-refractivity contribution in [3.8, 4) is 0 Å². The summed E-state index contributed by atoms with van der Waals surface area (Å²) in [6.07, 6.45) is 11.9. The Balaban J connectivity index is 1.47. The summed E-state index contributed by atoms with van der Waals surface area (Å²) in [4.78, 5) is 14.4. The minimum atomic E-state index is -0.444. The molecule has 0 unspecified atom stereocenters. The zero-order chi connectivity index (χ0) is 21.4. The summed E-state index contributed by atoms with van der Waals surface area (Å²) in [5.74, 6) is 0. The smallest absolute Gasteiger partial charge is 0.410 e. The molecule has 0 bridgehead atoms. The number of hydrogen-bond acceptors (Lipinski definition) is 3. The maximum atomic E-state index is 12.5. The summed E-state index contributed by atoms with van der Waals surface area (Å²) in [7, 11) is 0. The lowest BCUT2D eigenvalue weighted by Gasteiger charge is -2.40. The van der Waals surface area contributed by atoms with Crippen LogP contribution >= 0.6 is 0 Å². The van der Waals surface area contributed by atoms with Crippen LogP contribution in [0.25, 0.3) is 0 Å². The van der Waals surface area contributed by atoms with Crippen molar-refractivity contribution >= 4 is 6.09 Å². The molecule has 3 aliphatic rings. The van der Waals surface area contributed by atoms with Crippen molar-refractivity contribution in [2.45, 2.75) is 82.9 Å². The SMILES string of the molecule is C[C@H](N[C@H]1CC2(CCN(C(=O)OC(C)(C)C)CC2)c2ccccc21)C1=CC=CCC1. The van der Waals surface area contributed by atoms with E-state index in [1.165, 1.54) is 16.7 Å². The lowest BCUT2D eigenvalue weighted by Crippen LogP contribution is -2.46. The normalized spacial score (nSPS) is 23.8. The van der Waals surface area contributed by atoms with E-state index in [-0.39, 0.29) is 11.5 Å². The molecule has 4 rings (SSSR count). The molecule has 0 aromatic heterocycles. The molecule has 1 spiro atoms. The van der Waals surface area contributed by atoms with Gasteiger partial charge in [-0.25, -0.2) is 4.79 Å². The van der Waals surface area contributed by atoms with Gasteiger partial charge in [-0.1, -0.05) is 48.1 Å². The summed E-state index contributed by atoms with van der Waals surface area (Å²) < 4.78 is 5.60. The summed E-state index contributed by atoms with van der Waals surface area (Å²) in [5, 5.41) is 3.93. The average molecular weight is 409 g/mol. The molecule has 4 nitrogen and oxygen atoms in total. The minimum absolute atomic E-state index is 0.160. The highest BCUT2D eigenvalue weighted by Crippen LogP contribution is 2.51. The number of benzene rings is 1. The first-order valence-corrected chi connectivity index (χ1v) is 11.5. The van der Waals surface area contributed by atoms with Gasteiger partial charge in [0.15, 0.2) is 0 Å². The molecule has 162 valence electrons. The van der Waals surface area contributed by atoms with Crippen molar-refractivity contribution in [1.82, 2.24) is 10.2 Å². The third-order valence-corrected chi connectivity index (χ3v) is 6.93. The summed E-state index contributed by atoms with van der Waals surface area (Å²) >= 11 is 0. The summed E-state index contributed by atoms with van der Waals surface area (Å²) in [6, 6.07) is 9.69. The molecular weight excluding hydrogens is 372 g/mol. The Labute approximate surface area is 181 Å². The molecule has 0 saturated carbocycles. The van der Waals surface area contributed by atoms with E-state index in [2.05, 4.69) is 54.7 Å². The Morgan fingerprint density at radius 3 is 2.63 bits per heavy atom. The Kier molecular flexibility index (Phi) is 5.80. The summed E-state index contributed by atoms with van der Waals surface area (Å²) in [5.41, 5.74) is 4.14. The number of carbonyl (C=O) groups excluding carboxylic acids is 1. The van der Waals surface area contributed by atoms with Crippen LogP contribution in [-0.2, 0) is 10.2 Å². The number of likely N-dealkylation sites (tertiary alicyclic amines) is 1. The highest BCUT2D eigenvalue weighted by Gasteiger charge is 2.46. The second kappa shape index (κ2) is 8.22. The molecule has 1 aromatic rings. The van der Waals surface area contributed by atoms with Gasteiger partial charge in [-0.05, 0) is 70.9 Å². The van der Waals surface area contributed by atoms with Crippen LogP contribution in [-0.4, -0.2) is 35.7 Å². The van der Waals surface area contributed by atoms with E-state index in [0.717, 1.165) is 45.2 Å². The lowest BCUT2D eigenvalue weighted by atomic mass is 9.73. The highest BCUT2D eigenvalue weighted by molar-refractivity contribution is 5.68. The first kappa shape index (κ1) is 21.2. The van der Waals surface area contributed by atoms with Gasteiger partial charge < -0.3 is 15.0 Å². The van der Waals surface area contributed by atoms with Crippen LogP contribution in [0.5, 0.6) is 0 Å². The van der Waals surface area contributed by atoms with Gasteiger partial charge in [-0.15, -0.1) is 0 Å². The Morgan fingerprint density at radius 2 is 1.97 bits per heavy atom. The van der Waals surface area contributed by atoms with Crippen LogP contribution in [0.1, 0.15) is 77.0 Å². The number of carbonyl (C=O) groups is 1. The van der Waals surface area contributed by atoms with E-state index in [4.69, 9.17) is 4.74 Å². The van der Waals surface area contributed by atoms with E-state index in [0.29, 0.717) is 12.1 Å². The van der Waals surface area contributed by atoms with E-state index < -0.39 is 5.60 Å². The van der Waals surface area contributed by atoms with E-state index in [9.17, 15) is 4.79 Å². The number of piperidine rings is 1. The van der Waals surface area contributed by atoms with E-state index in [1.807, 2.05) is 25.7 Å². The van der Waals surface area contributed by atoms with Gasteiger partial charge in [0, 0.05) is 30.6 Å². The van der Waals surface area contributed by atoms with E-state index >= 15 is 0 Å². The fourth-order valence-electron chi connectivity index (χ4n) is 5.35. The number of hydrogen-bond donors (Lipinski definition) is 1. The van der Waals surface area contributed by atoms with Crippen LogP contribution in [0.2, 0.25) is 0 Å². The topological polar surface area (TPSA) is 41.6 Å². The fraction of sp³-hybridized carbons (Fsp3) is 0.577. The van der Waals surface area contributed by atoms with Gasteiger partial charge >= 0.3 is 6.09 Å². The molecule has 1 aliphatic heterocycles. The number of amides is 1. The van der Waals surface area contributed by atoms with Crippen LogP contribution in [0, 0.1) is 0 Å². The molecule has 2 aliphatic carbocycles. The second-order valence-electron chi connectivity index (χ2n) is 10.2. The largest absolute Gasteiger partial charge is 0.444 e. The lowest BCUT2D eigenvalue weighted by molar-refractivity contribution is 0.0160. The van der Waals surface area contributed by atoms with Crippen molar-refractivity contribution < 1.29 is 9.53 Å². The molecule has 0 radical (unpaired) electrons. The first-order chi connectivity index (χ1) is 14.3.